The highest BCUT2D eigenvalue weighted by atomic mass is 16.5. The Kier molecular flexibility index (Phi) is 12.5. The number of rotatable bonds is 15. The summed E-state index contributed by atoms with van der Waals surface area (Å²) in [6, 6.07) is 8.22. The summed E-state index contributed by atoms with van der Waals surface area (Å²) in [6.07, 6.45) is 6.27. The van der Waals surface area contributed by atoms with Crippen molar-refractivity contribution in [2.24, 2.45) is 10.4 Å². The Morgan fingerprint density at radius 3 is 2.53 bits per heavy atom. The molecule has 0 spiro atoms. The Labute approximate surface area is 194 Å². The first-order valence-electron chi connectivity index (χ1n) is 12.0. The summed E-state index contributed by atoms with van der Waals surface area (Å²) in [5, 5.41) is 6.99. The Bertz CT molecular complexity index is 662. The van der Waals surface area contributed by atoms with Gasteiger partial charge < -0.3 is 29.7 Å². The number of nitrogens with zero attached hydrogens (tertiary/aromatic N) is 2. The van der Waals surface area contributed by atoms with Crippen LogP contribution in [0.15, 0.2) is 29.3 Å². The maximum absolute atomic E-state index is 5.94. The number of guanidine groups is 1. The Hall–Kier alpha value is -1.83. The molecule has 0 amide bonds. The van der Waals surface area contributed by atoms with E-state index in [1.54, 1.807) is 14.2 Å². The van der Waals surface area contributed by atoms with Gasteiger partial charge in [0.2, 0.25) is 0 Å². The van der Waals surface area contributed by atoms with Crippen LogP contribution in [0.2, 0.25) is 0 Å². The van der Waals surface area contributed by atoms with E-state index in [0.29, 0.717) is 18.6 Å². The van der Waals surface area contributed by atoms with Gasteiger partial charge in [-0.1, -0.05) is 25.0 Å². The molecule has 0 aromatic heterocycles. The monoisotopic (exact) mass is 448 g/mol. The Morgan fingerprint density at radius 1 is 1.06 bits per heavy atom. The van der Waals surface area contributed by atoms with Crippen molar-refractivity contribution in [3.8, 4) is 5.75 Å². The summed E-state index contributed by atoms with van der Waals surface area (Å²) < 4.78 is 16.4. The molecule has 0 bridgehead atoms. The standard InChI is InChI=1S/C25H44N4O3/c1-5-26-24(28-21-25(13-16-30-3)11-6-7-12-25)27-20-22-9-8-10-23(19-22)32-18-15-29(2)14-17-31-4/h8-10,19H,5-7,11-18,20-21H2,1-4H3,(H2,26,27,28). The Balaban J connectivity index is 1.87. The molecule has 0 heterocycles. The summed E-state index contributed by atoms with van der Waals surface area (Å²) in [5.74, 6) is 1.77. The predicted octanol–water partition coefficient (Wildman–Crippen LogP) is 3.30. The lowest BCUT2D eigenvalue weighted by Crippen LogP contribution is -2.43. The molecule has 1 aromatic rings. The van der Waals surface area contributed by atoms with E-state index >= 15 is 0 Å². The van der Waals surface area contributed by atoms with E-state index in [1.807, 2.05) is 12.1 Å². The molecule has 7 heteroatoms. The number of hydrogen-bond acceptors (Lipinski definition) is 5. The minimum Gasteiger partial charge on any atom is -0.492 e. The lowest BCUT2D eigenvalue weighted by Gasteiger charge is -2.30. The molecule has 0 unspecified atom stereocenters. The lowest BCUT2D eigenvalue weighted by molar-refractivity contribution is 0.138. The molecule has 32 heavy (non-hydrogen) atoms. The summed E-state index contributed by atoms with van der Waals surface area (Å²) in [7, 11) is 5.59. The second kappa shape index (κ2) is 15.1. The van der Waals surface area contributed by atoms with Crippen molar-refractivity contribution in [1.82, 2.24) is 15.5 Å². The molecule has 1 aromatic carbocycles. The third-order valence-electron chi connectivity index (χ3n) is 6.21. The van der Waals surface area contributed by atoms with Crippen molar-refractivity contribution in [1.29, 1.82) is 0 Å². The second-order valence-corrected chi connectivity index (χ2v) is 8.79. The fourth-order valence-electron chi connectivity index (χ4n) is 4.15. The first kappa shape index (κ1) is 26.4. The van der Waals surface area contributed by atoms with Gasteiger partial charge in [0, 0.05) is 47.0 Å². The van der Waals surface area contributed by atoms with Gasteiger partial charge in [-0.05, 0) is 56.3 Å². The van der Waals surface area contributed by atoms with Crippen LogP contribution in [0.5, 0.6) is 5.75 Å². The number of benzene rings is 1. The van der Waals surface area contributed by atoms with E-state index in [0.717, 1.165) is 63.1 Å². The number of hydrogen-bond donors (Lipinski definition) is 2. The summed E-state index contributed by atoms with van der Waals surface area (Å²) in [6.45, 7) is 8.49. The highest BCUT2D eigenvalue weighted by Gasteiger charge is 2.33. The average Bonchev–Trinajstić information content (AvgIpc) is 3.27. The number of nitrogens with one attached hydrogen (secondary N) is 2. The van der Waals surface area contributed by atoms with Crippen LogP contribution >= 0.6 is 0 Å². The Morgan fingerprint density at radius 2 is 1.81 bits per heavy atom. The van der Waals surface area contributed by atoms with Crippen LogP contribution in [-0.4, -0.2) is 78.1 Å². The molecule has 1 fully saturated rings. The van der Waals surface area contributed by atoms with Gasteiger partial charge in [0.15, 0.2) is 5.96 Å². The van der Waals surface area contributed by atoms with Gasteiger partial charge in [-0.15, -0.1) is 0 Å². The van der Waals surface area contributed by atoms with Crippen LogP contribution in [0.4, 0.5) is 0 Å². The molecule has 0 aliphatic heterocycles. The van der Waals surface area contributed by atoms with Crippen molar-refractivity contribution in [3.63, 3.8) is 0 Å². The molecule has 182 valence electrons. The molecular weight excluding hydrogens is 404 g/mol. The fourth-order valence-corrected chi connectivity index (χ4v) is 4.15. The highest BCUT2D eigenvalue weighted by Crippen LogP contribution is 2.40. The van der Waals surface area contributed by atoms with Gasteiger partial charge in [-0.25, -0.2) is 4.99 Å². The molecule has 0 atom stereocenters. The average molecular weight is 449 g/mol. The zero-order chi connectivity index (χ0) is 23.1. The summed E-state index contributed by atoms with van der Waals surface area (Å²) in [4.78, 5) is 7.03. The molecule has 2 rings (SSSR count). The van der Waals surface area contributed by atoms with Crippen LogP contribution in [0.1, 0.15) is 44.6 Å². The topological polar surface area (TPSA) is 67.4 Å². The largest absolute Gasteiger partial charge is 0.492 e. The minimum atomic E-state index is 0.330. The number of likely N-dealkylation sites (N-methyl/N-ethyl adjacent to an activating group) is 1. The minimum absolute atomic E-state index is 0.330. The smallest absolute Gasteiger partial charge is 0.191 e. The molecule has 2 N–H and O–H groups in total. The zero-order valence-electron chi connectivity index (χ0n) is 20.6. The van der Waals surface area contributed by atoms with E-state index < -0.39 is 0 Å². The van der Waals surface area contributed by atoms with Crippen LogP contribution in [0.25, 0.3) is 0 Å². The van der Waals surface area contributed by atoms with Crippen molar-refractivity contribution in [3.05, 3.63) is 29.8 Å². The lowest BCUT2D eigenvalue weighted by atomic mass is 9.83. The predicted molar refractivity (Wildman–Crippen MR) is 132 cm³/mol. The third kappa shape index (κ3) is 9.76. The van der Waals surface area contributed by atoms with Gasteiger partial charge in [-0.2, -0.15) is 0 Å². The first-order valence-corrected chi connectivity index (χ1v) is 12.0. The second-order valence-electron chi connectivity index (χ2n) is 8.79. The normalized spacial score (nSPS) is 15.8. The van der Waals surface area contributed by atoms with Crippen molar-refractivity contribution >= 4 is 5.96 Å². The van der Waals surface area contributed by atoms with E-state index in [2.05, 4.69) is 41.6 Å². The van der Waals surface area contributed by atoms with Gasteiger partial charge >= 0.3 is 0 Å². The molecule has 0 radical (unpaired) electrons. The first-order chi connectivity index (χ1) is 15.6. The fraction of sp³-hybridized carbons (Fsp3) is 0.720. The van der Waals surface area contributed by atoms with Crippen LogP contribution in [-0.2, 0) is 16.0 Å². The molecule has 1 aliphatic rings. The molecule has 1 saturated carbocycles. The number of aliphatic imine (C=N–C) groups is 1. The molecule has 0 saturated heterocycles. The molecule has 7 nitrogen and oxygen atoms in total. The third-order valence-corrected chi connectivity index (χ3v) is 6.21. The van der Waals surface area contributed by atoms with Gasteiger partial charge in [0.25, 0.3) is 0 Å². The van der Waals surface area contributed by atoms with Crippen LogP contribution in [0.3, 0.4) is 0 Å². The maximum Gasteiger partial charge on any atom is 0.191 e. The summed E-state index contributed by atoms with van der Waals surface area (Å²) in [5.41, 5.74) is 1.47. The van der Waals surface area contributed by atoms with Crippen LogP contribution in [0, 0.1) is 5.41 Å². The SMILES string of the molecule is CCNC(=NCc1cccc(OCCN(C)CCOC)c1)NCC1(CCOC)CCCC1. The molecular formula is C25H44N4O3. The van der Waals surface area contributed by atoms with E-state index in [9.17, 15) is 0 Å². The number of methoxy groups -OCH3 is 2. The zero-order valence-corrected chi connectivity index (χ0v) is 20.6. The quantitative estimate of drug-likeness (QED) is 0.317. The molecule has 1 aliphatic carbocycles. The van der Waals surface area contributed by atoms with Crippen molar-refractivity contribution in [2.45, 2.75) is 45.6 Å². The van der Waals surface area contributed by atoms with Crippen molar-refractivity contribution in [2.75, 3.05) is 67.3 Å². The highest BCUT2D eigenvalue weighted by molar-refractivity contribution is 5.79. The number of ether oxygens (including phenoxy) is 3. The van der Waals surface area contributed by atoms with E-state index in [1.165, 1.54) is 25.7 Å². The van der Waals surface area contributed by atoms with Gasteiger partial charge in [0.05, 0.1) is 13.2 Å². The summed E-state index contributed by atoms with van der Waals surface area (Å²) >= 11 is 0. The van der Waals surface area contributed by atoms with E-state index in [4.69, 9.17) is 19.2 Å². The van der Waals surface area contributed by atoms with Crippen LogP contribution < -0.4 is 15.4 Å². The van der Waals surface area contributed by atoms with Gasteiger partial charge in [0.1, 0.15) is 12.4 Å². The maximum atomic E-state index is 5.94. The van der Waals surface area contributed by atoms with Crippen molar-refractivity contribution < 1.29 is 14.2 Å². The van der Waals surface area contributed by atoms with Gasteiger partial charge in [-0.3, -0.25) is 0 Å². The van der Waals surface area contributed by atoms with E-state index in [-0.39, 0.29) is 0 Å².